The highest BCUT2D eigenvalue weighted by molar-refractivity contribution is 5.94. The molecule has 1 saturated heterocycles. The molecule has 1 aliphatic rings. The van der Waals surface area contributed by atoms with Gasteiger partial charge in [-0.05, 0) is 85.5 Å². The molecule has 1 fully saturated rings. The number of hydrogen-bond donors (Lipinski definition) is 1. The summed E-state index contributed by atoms with van der Waals surface area (Å²) in [5.41, 5.74) is 4.20. The Bertz CT molecular complexity index is 1770. The summed E-state index contributed by atoms with van der Waals surface area (Å²) in [6.45, 7) is 3.49. The van der Waals surface area contributed by atoms with E-state index in [4.69, 9.17) is 4.98 Å². The minimum absolute atomic E-state index is 0.106. The number of nitrogens with one attached hydrogen (secondary N) is 1. The number of carbonyl (C=O) groups is 1. The van der Waals surface area contributed by atoms with E-state index in [1.807, 2.05) is 42.5 Å². The molecule has 6 nitrogen and oxygen atoms in total. The number of rotatable bonds is 11. The van der Waals surface area contributed by atoms with E-state index >= 15 is 0 Å². The molecule has 2 heterocycles. The lowest BCUT2D eigenvalue weighted by Gasteiger charge is -2.34. The molecule has 4 aromatic carbocycles. The molecule has 46 heavy (non-hydrogen) atoms. The van der Waals surface area contributed by atoms with E-state index in [-0.39, 0.29) is 23.7 Å². The third-order valence-electron chi connectivity index (χ3n) is 8.90. The number of carbonyl (C=O) groups excluding carboxylic acids is 1. The standard InChI is InChI=1S/C37H38F3N5O/c1-43(36(46)27-7-3-2-4-8-27)25-29(28-13-16-32(39)33(40)23-28)17-20-44-21-18-31(19-22-44)41-37-42-34-9-5-6-10-35(34)45(37)24-26-11-14-30(38)15-12-26/h2-16,23,29,31H,17-22,24-25H2,1H3,(H,41,42). The van der Waals surface area contributed by atoms with Crippen molar-refractivity contribution in [3.63, 3.8) is 0 Å². The fourth-order valence-corrected chi connectivity index (χ4v) is 6.28. The quantitative estimate of drug-likeness (QED) is 0.167. The number of aromatic nitrogens is 2. The van der Waals surface area contributed by atoms with Crippen molar-refractivity contribution in [2.45, 2.75) is 37.8 Å². The first-order valence-corrected chi connectivity index (χ1v) is 15.8. The smallest absolute Gasteiger partial charge is 0.253 e. The summed E-state index contributed by atoms with van der Waals surface area (Å²) >= 11 is 0. The molecule has 0 aliphatic carbocycles. The van der Waals surface area contributed by atoms with Crippen LogP contribution in [0.25, 0.3) is 11.0 Å². The molecule has 1 amide bonds. The molecule has 0 saturated carbocycles. The molecule has 9 heteroatoms. The second-order valence-electron chi connectivity index (χ2n) is 12.1. The van der Waals surface area contributed by atoms with Crippen molar-refractivity contribution in [1.82, 2.24) is 19.4 Å². The van der Waals surface area contributed by atoms with Crippen LogP contribution < -0.4 is 5.32 Å². The lowest BCUT2D eigenvalue weighted by molar-refractivity contribution is 0.0781. The maximum Gasteiger partial charge on any atom is 0.253 e. The van der Waals surface area contributed by atoms with Gasteiger partial charge in [-0.25, -0.2) is 18.2 Å². The van der Waals surface area contributed by atoms with Crippen LogP contribution in [0.15, 0.2) is 97.1 Å². The molecule has 1 N–H and O–H groups in total. The Labute approximate surface area is 267 Å². The number of likely N-dealkylation sites (tertiary alicyclic amines) is 1. The minimum atomic E-state index is -0.878. The zero-order valence-electron chi connectivity index (χ0n) is 25.9. The average molecular weight is 626 g/mol. The number of nitrogens with zero attached hydrogens (tertiary/aromatic N) is 4. The largest absolute Gasteiger partial charge is 0.353 e. The maximum atomic E-state index is 14.3. The maximum absolute atomic E-state index is 14.3. The molecule has 0 bridgehead atoms. The van der Waals surface area contributed by atoms with Crippen molar-refractivity contribution < 1.29 is 18.0 Å². The van der Waals surface area contributed by atoms with Gasteiger partial charge in [0, 0.05) is 44.2 Å². The Morgan fingerprint density at radius 2 is 1.63 bits per heavy atom. The normalized spacial score (nSPS) is 14.8. The van der Waals surface area contributed by atoms with Gasteiger partial charge >= 0.3 is 0 Å². The number of anilines is 1. The molecule has 0 radical (unpaired) electrons. The van der Waals surface area contributed by atoms with E-state index in [9.17, 15) is 18.0 Å². The molecule has 1 aromatic heterocycles. The van der Waals surface area contributed by atoms with Gasteiger partial charge in [-0.3, -0.25) is 4.79 Å². The number of amides is 1. The molecule has 1 unspecified atom stereocenters. The van der Waals surface area contributed by atoms with Crippen molar-refractivity contribution in [3.8, 4) is 0 Å². The summed E-state index contributed by atoms with van der Waals surface area (Å²) in [7, 11) is 1.75. The lowest BCUT2D eigenvalue weighted by atomic mass is 9.93. The Balaban J connectivity index is 1.09. The number of likely N-dealkylation sites (N-methyl/N-ethyl adjacent to an activating group) is 1. The third-order valence-corrected chi connectivity index (χ3v) is 8.90. The van der Waals surface area contributed by atoms with Crippen LogP contribution in [0.1, 0.15) is 46.7 Å². The van der Waals surface area contributed by atoms with Gasteiger partial charge in [0.25, 0.3) is 5.91 Å². The van der Waals surface area contributed by atoms with Gasteiger partial charge < -0.3 is 19.7 Å². The van der Waals surface area contributed by atoms with Crippen LogP contribution in [0.4, 0.5) is 19.1 Å². The Hall–Kier alpha value is -4.63. The Kier molecular flexibility index (Phi) is 9.68. The topological polar surface area (TPSA) is 53.4 Å². The number of halogens is 3. The number of fused-ring (bicyclic) bond motifs is 1. The zero-order chi connectivity index (χ0) is 32.0. The van der Waals surface area contributed by atoms with E-state index in [0.29, 0.717) is 30.6 Å². The molecule has 0 spiro atoms. The molecule has 6 rings (SSSR count). The average Bonchev–Trinajstić information content (AvgIpc) is 3.42. The SMILES string of the molecule is CN(CC(CCN1CCC(Nc2nc3ccccc3n2Cc2ccc(F)cc2)CC1)c1ccc(F)c(F)c1)C(=O)c1ccccc1. The van der Waals surface area contributed by atoms with Crippen LogP contribution in [-0.2, 0) is 6.54 Å². The van der Waals surface area contributed by atoms with Crippen molar-refractivity contribution in [2.24, 2.45) is 0 Å². The van der Waals surface area contributed by atoms with Gasteiger partial charge in [0.05, 0.1) is 17.6 Å². The summed E-state index contributed by atoms with van der Waals surface area (Å²) in [6, 6.07) is 27.9. The fourth-order valence-electron chi connectivity index (χ4n) is 6.28. The van der Waals surface area contributed by atoms with E-state index in [1.165, 1.54) is 18.2 Å². The molecule has 5 aromatic rings. The molecule has 238 valence electrons. The molecule has 1 atom stereocenters. The number of benzene rings is 4. The monoisotopic (exact) mass is 625 g/mol. The van der Waals surface area contributed by atoms with Crippen molar-refractivity contribution >= 4 is 22.9 Å². The number of para-hydroxylation sites is 2. The van der Waals surface area contributed by atoms with Gasteiger partial charge in [-0.2, -0.15) is 0 Å². The zero-order valence-corrected chi connectivity index (χ0v) is 25.9. The predicted octanol–water partition coefficient (Wildman–Crippen LogP) is 7.32. The van der Waals surface area contributed by atoms with Crippen molar-refractivity contribution in [3.05, 3.63) is 131 Å². The van der Waals surface area contributed by atoms with Crippen LogP contribution in [0.5, 0.6) is 0 Å². The summed E-state index contributed by atoms with van der Waals surface area (Å²) in [5, 5.41) is 3.68. The first-order valence-electron chi connectivity index (χ1n) is 15.8. The fraction of sp³-hybridized carbons (Fsp3) is 0.297. The van der Waals surface area contributed by atoms with Crippen LogP contribution >= 0.6 is 0 Å². The number of hydrogen-bond acceptors (Lipinski definition) is 4. The highest BCUT2D eigenvalue weighted by atomic mass is 19.2. The van der Waals surface area contributed by atoms with E-state index in [0.717, 1.165) is 61.1 Å². The summed E-state index contributed by atoms with van der Waals surface area (Å²) in [4.78, 5) is 22.0. The highest BCUT2D eigenvalue weighted by Crippen LogP contribution is 2.27. The second kappa shape index (κ2) is 14.2. The van der Waals surface area contributed by atoms with E-state index in [2.05, 4.69) is 14.8 Å². The lowest BCUT2D eigenvalue weighted by Crippen LogP contribution is -2.40. The van der Waals surface area contributed by atoms with Gasteiger partial charge in [0.1, 0.15) is 5.82 Å². The van der Waals surface area contributed by atoms with Crippen molar-refractivity contribution in [2.75, 3.05) is 38.5 Å². The van der Waals surface area contributed by atoms with Gasteiger partial charge in [0.2, 0.25) is 5.95 Å². The molecular weight excluding hydrogens is 587 g/mol. The first-order chi connectivity index (χ1) is 22.3. The minimum Gasteiger partial charge on any atom is -0.353 e. The van der Waals surface area contributed by atoms with Crippen LogP contribution in [0, 0.1) is 17.5 Å². The summed E-state index contributed by atoms with van der Waals surface area (Å²) in [5.74, 6) is -1.48. The molecule has 1 aliphatic heterocycles. The summed E-state index contributed by atoms with van der Waals surface area (Å²) < 4.78 is 43.7. The Morgan fingerprint density at radius 1 is 0.913 bits per heavy atom. The van der Waals surface area contributed by atoms with E-state index in [1.54, 1.807) is 42.3 Å². The molecular formula is C37H38F3N5O. The van der Waals surface area contributed by atoms with Crippen LogP contribution in [-0.4, -0.2) is 64.5 Å². The number of piperidine rings is 1. The van der Waals surface area contributed by atoms with Gasteiger partial charge in [-0.1, -0.05) is 48.5 Å². The summed E-state index contributed by atoms with van der Waals surface area (Å²) in [6.07, 6.45) is 2.53. The number of imidazole rings is 1. The van der Waals surface area contributed by atoms with Gasteiger partial charge in [-0.15, -0.1) is 0 Å². The second-order valence-corrected chi connectivity index (χ2v) is 12.1. The first kappa shape index (κ1) is 31.4. The van der Waals surface area contributed by atoms with Gasteiger partial charge in [0.15, 0.2) is 11.6 Å². The third kappa shape index (κ3) is 7.42. The van der Waals surface area contributed by atoms with Crippen molar-refractivity contribution in [1.29, 1.82) is 0 Å². The Morgan fingerprint density at radius 3 is 2.37 bits per heavy atom. The van der Waals surface area contributed by atoms with E-state index < -0.39 is 11.6 Å². The van der Waals surface area contributed by atoms with Crippen LogP contribution in [0.2, 0.25) is 0 Å². The highest BCUT2D eigenvalue weighted by Gasteiger charge is 2.24. The predicted molar refractivity (Wildman–Crippen MR) is 175 cm³/mol. The van der Waals surface area contributed by atoms with Crippen LogP contribution in [0.3, 0.4) is 0 Å².